The third-order valence-corrected chi connectivity index (χ3v) is 3.27. The van der Waals surface area contributed by atoms with Crippen LogP contribution in [0.5, 0.6) is 0 Å². The molecule has 76 valence electrons. The number of thiol groups is 1. The van der Waals surface area contributed by atoms with Gasteiger partial charge in [-0.15, -0.1) is 0 Å². The van der Waals surface area contributed by atoms with E-state index < -0.39 is 4.75 Å². The van der Waals surface area contributed by atoms with E-state index in [1.807, 2.05) is 13.8 Å². The lowest BCUT2D eigenvalue weighted by molar-refractivity contribution is -0.124. The molecule has 0 rings (SSSR count). The van der Waals surface area contributed by atoms with Crippen molar-refractivity contribution in [3.8, 4) is 0 Å². The zero-order chi connectivity index (χ0) is 10.5. The molecule has 0 saturated heterocycles. The van der Waals surface area contributed by atoms with Crippen LogP contribution in [0.25, 0.3) is 0 Å². The van der Waals surface area contributed by atoms with Crippen LogP contribution in [0.1, 0.15) is 46.5 Å². The van der Waals surface area contributed by atoms with Crippen molar-refractivity contribution in [1.82, 2.24) is 0 Å². The van der Waals surface area contributed by atoms with Crippen LogP contribution in [0.3, 0.4) is 0 Å². The molecule has 0 aliphatic carbocycles. The van der Waals surface area contributed by atoms with Crippen LogP contribution >= 0.6 is 12.6 Å². The average molecular weight is 202 g/mol. The molecule has 0 amide bonds. The summed E-state index contributed by atoms with van der Waals surface area (Å²) in [5.74, 6) is 0.160. The van der Waals surface area contributed by atoms with Crippen LogP contribution in [0.4, 0.5) is 0 Å². The molecule has 0 heterocycles. The summed E-state index contributed by atoms with van der Waals surface area (Å²) in [5, 5.41) is 0. The molecule has 0 atom stereocenters. The predicted octanol–water partition coefficient (Wildman–Crippen LogP) is 2.41. The Morgan fingerprint density at radius 1 is 1.15 bits per heavy atom. The van der Waals surface area contributed by atoms with Crippen LogP contribution in [0.2, 0.25) is 0 Å². The van der Waals surface area contributed by atoms with Gasteiger partial charge in [0.1, 0.15) is 11.6 Å². The third kappa shape index (κ3) is 3.94. The topological polar surface area (TPSA) is 34.1 Å². The Bertz CT molecular complexity index is 195. The predicted molar refractivity (Wildman–Crippen MR) is 57.2 cm³/mol. The van der Waals surface area contributed by atoms with Gasteiger partial charge in [-0.1, -0.05) is 13.8 Å². The largest absolute Gasteiger partial charge is 0.300 e. The quantitative estimate of drug-likeness (QED) is 0.671. The fraction of sp³-hybridized carbons (Fsp3) is 0.800. The molecule has 0 unspecified atom stereocenters. The van der Waals surface area contributed by atoms with E-state index in [0.29, 0.717) is 12.8 Å². The van der Waals surface area contributed by atoms with E-state index >= 15 is 0 Å². The summed E-state index contributed by atoms with van der Waals surface area (Å²) in [6, 6.07) is 0. The first-order chi connectivity index (χ1) is 5.96. The van der Waals surface area contributed by atoms with Crippen molar-refractivity contribution in [3.63, 3.8) is 0 Å². The molecule has 13 heavy (non-hydrogen) atoms. The summed E-state index contributed by atoms with van der Waals surface area (Å²) >= 11 is 4.36. The Kier molecular flexibility index (Phi) is 5.30. The van der Waals surface area contributed by atoms with Crippen molar-refractivity contribution in [3.05, 3.63) is 0 Å². The molecular formula is C10H18O2S. The molecule has 0 aromatic heterocycles. The highest BCUT2D eigenvalue weighted by Gasteiger charge is 2.29. The third-order valence-electron chi connectivity index (χ3n) is 2.39. The maximum absolute atomic E-state index is 11.6. The van der Waals surface area contributed by atoms with Gasteiger partial charge < -0.3 is 4.79 Å². The summed E-state index contributed by atoms with van der Waals surface area (Å²) in [4.78, 5) is 22.3. The summed E-state index contributed by atoms with van der Waals surface area (Å²) in [7, 11) is 0. The van der Waals surface area contributed by atoms with Gasteiger partial charge in [-0.2, -0.15) is 12.6 Å². The molecule has 3 heteroatoms. The van der Waals surface area contributed by atoms with Crippen LogP contribution in [-0.4, -0.2) is 16.3 Å². The van der Waals surface area contributed by atoms with Crippen molar-refractivity contribution in [1.29, 1.82) is 0 Å². The second-order valence-electron chi connectivity index (χ2n) is 3.36. The van der Waals surface area contributed by atoms with Crippen LogP contribution in [0.15, 0.2) is 0 Å². The summed E-state index contributed by atoms with van der Waals surface area (Å²) in [5.41, 5.74) is 0. The number of carbonyl (C=O) groups excluding carboxylic acids is 2. The first kappa shape index (κ1) is 12.7. The number of Topliss-reactive ketones (excluding diaryl/α,β-unsaturated/α-hetero) is 2. The van der Waals surface area contributed by atoms with E-state index in [2.05, 4.69) is 12.6 Å². The van der Waals surface area contributed by atoms with Gasteiger partial charge in [0, 0.05) is 12.8 Å². The molecule has 0 fully saturated rings. The molecule has 0 radical (unpaired) electrons. The number of carbonyl (C=O) groups is 2. The van der Waals surface area contributed by atoms with Gasteiger partial charge in [0.25, 0.3) is 0 Å². The minimum Gasteiger partial charge on any atom is -0.300 e. The lowest BCUT2D eigenvalue weighted by atomic mass is 9.93. The number of hydrogen-bond donors (Lipinski definition) is 1. The molecule has 0 aromatic rings. The van der Waals surface area contributed by atoms with Crippen LogP contribution in [-0.2, 0) is 9.59 Å². The highest BCUT2D eigenvalue weighted by molar-refractivity contribution is 7.82. The molecule has 0 N–H and O–H groups in total. The van der Waals surface area contributed by atoms with Gasteiger partial charge in [-0.25, -0.2) is 0 Å². The van der Waals surface area contributed by atoms with Gasteiger partial charge >= 0.3 is 0 Å². The molecule has 0 saturated carbocycles. The Morgan fingerprint density at radius 3 is 1.92 bits per heavy atom. The van der Waals surface area contributed by atoms with E-state index in [1.54, 1.807) is 0 Å². The van der Waals surface area contributed by atoms with Crippen molar-refractivity contribution >= 4 is 24.2 Å². The number of ketones is 2. The minimum atomic E-state index is -0.518. The van der Waals surface area contributed by atoms with Crippen molar-refractivity contribution in [2.24, 2.45) is 0 Å². The molecule has 0 spiro atoms. The lowest BCUT2D eigenvalue weighted by Crippen LogP contribution is -2.31. The zero-order valence-corrected chi connectivity index (χ0v) is 9.49. The monoisotopic (exact) mass is 202 g/mol. The van der Waals surface area contributed by atoms with Crippen LogP contribution in [0, 0.1) is 0 Å². The molecule has 0 bridgehead atoms. The zero-order valence-electron chi connectivity index (χ0n) is 8.59. The second-order valence-corrected chi connectivity index (χ2v) is 4.22. The number of rotatable bonds is 6. The molecule has 0 aliphatic heterocycles. The maximum atomic E-state index is 11.6. The minimum absolute atomic E-state index is 0.0660. The molecular weight excluding hydrogens is 184 g/mol. The second kappa shape index (κ2) is 5.43. The first-order valence-electron chi connectivity index (χ1n) is 4.71. The average Bonchev–Trinajstić information content (AvgIpc) is 2.12. The SMILES string of the molecule is CCC(S)(CC)C(=O)CCC(C)=O. The van der Waals surface area contributed by atoms with Gasteiger partial charge in [0.05, 0.1) is 4.75 Å². The highest BCUT2D eigenvalue weighted by atomic mass is 32.1. The standard InChI is InChI=1S/C10H18O2S/c1-4-10(13,5-2)9(12)7-6-8(3)11/h13H,4-7H2,1-3H3. The van der Waals surface area contributed by atoms with Crippen molar-refractivity contribution in [2.75, 3.05) is 0 Å². The van der Waals surface area contributed by atoms with E-state index in [4.69, 9.17) is 0 Å². The fourth-order valence-corrected chi connectivity index (χ4v) is 1.28. The van der Waals surface area contributed by atoms with E-state index in [0.717, 1.165) is 12.8 Å². The Morgan fingerprint density at radius 2 is 1.62 bits per heavy atom. The molecule has 2 nitrogen and oxygen atoms in total. The Hall–Kier alpha value is -0.310. The van der Waals surface area contributed by atoms with Gasteiger partial charge in [-0.05, 0) is 19.8 Å². The summed E-state index contributed by atoms with van der Waals surface area (Å²) in [6.45, 7) is 5.40. The molecule has 0 aliphatic rings. The van der Waals surface area contributed by atoms with Gasteiger partial charge in [0.15, 0.2) is 0 Å². The first-order valence-corrected chi connectivity index (χ1v) is 5.16. The molecule has 0 aromatic carbocycles. The van der Waals surface area contributed by atoms with Crippen molar-refractivity contribution in [2.45, 2.75) is 51.2 Å². The Labute approximate surface area is 85.5 Å². The van der Waals surface area contributed by atoms with Gasteiger partial charge in [-0.3, -0.25) is 4.79 Å². The smallest absolute Gasteiger partial charge is 0.149 e. The summed E-state index contributed by atoms with van der Waals surface area (Å²) < 4.78 is -0.518. The van der Waals surface area contributed by atoms with Gasteiger partial charge in [0.2, 0.25) is 0 Å². The van der Waals surface area contributed by atoms with Crippen molar-refractivity contribution < 1.29 is 9.59 Å². The summed E-state index contributed by atoms with van der Waals surface area (Å²) in [6.07, 6.45) is 2.13. The van der Waals surface area contributed by atoms with Crippen LogP contribution < -0.4 is 0 Å². The maximum Gasteiger partial charge on any atom is 0.149 e. The normalized spacial score (nSPS) is 11.4. The van der Waals surface area contributed by atoms with E-state index in [9.17, 15) is 9.59 Å². The van der Waals surface area contributed by atoms with E-state index in [1.165, 1.54) is 6.92 Å². The number of hydrogen-bond acceptors (Lipinski definition) is 3. The lowest BCUT2D eigenvalue weighted by Gasteiger charge is -2.23. The fourth-order valence-electron chi connectivity index (χ4n) is 1.17. The Balaban J connectivity index is 4.15. The van der Waals surface area contributed by atoms with E-state index in [-0.39, 0.29) is 11.6 Å². The highest BCUT2D eigenvalue weighted by Crippen LogP contribution is 2.26.